The normalized spacial score (nSPS) is 15.2. The smallest absolute Gasteiger partial charge is 0.334 e. The van der Waals surface area contributed by atoms with Crippen molar-refractivity contribution in [3.05, 3.63) is 23.0 Å². The van der Waals surface area contributed by atoms with E-state index in [0.29, 0.717) is 5.56 Å². The van der Waals surface area contributed by atoms with E-state index < -0.39 is 24.4 Å². The Morgan fingerprint density at radius 3 is 2.17 bits per heavy atom. The molecule has 0 N–H and O–H groups in total. The second-order valence-electron chi connectivity index (χ2n) is 6.44. The van der Waals surface area contributed by atoms with Crippen LogP contribution in [0.1, 0.15) is 42.5 Å². The van der Waals surface area contributed by atoms with Gasteiger partial charge in [0.25, 0.3) is 0 Å². The molecule has 0 aromatic carbocycles. The van der Waals surface area contributed by atoms with E-state index in [2.05, 4.69) is 0 Å². The van der Waals surface area contributed by atoms with Gasteiger partial charge in [-0.15, -0.1) is 0 Å². The number of nitrogens with zero attached hydrogens (tertiary/aromatic N) is 3. The number of rotatable bonds is 6. The van der Waals surface area contributed by atoms with Gasteiger partial charge in [-0.1, -0.05) is 13.8 Å². The number of amides is 4. The van der Waals surface area contributed by atoms with Gasteiger partial charge in [0.05, 0.1) is 6.54 Å². The van der Waals surface area contributed by atoms with Crippen molar-refractivity contribution in [2.45, 2.75) is 41.2 Å². The van der Waals surface area contributed by atoms with Gasteiger partial charge in [-0.05, 0) is 32.8 Å². The van der Waals surface area contributed by atoms with E-state index in [1.165, 1.54) is 0 Å². The molecule has 24 heavy (non-hydrogen) atoms. The Hall–Kier alpha value is -2.44. The molecular weight excluding hydrogens is 310 g/mol. The number of carbonyl (C=O) groups excluding carboxylic acids is 4. The number of hydrogen-bond donors (Lipinski definition) is 0. The predicted molar refractivity (Wildman–Crippen MR) is 87.6 cm³/mol. The lowest BCUT2D eigenvalue weighted by atomic mass is 10.1. The molecule has 0 saturated carbocycles. The van der Waals surface area contributed by atoms with E-state index in [1.807, 2.05) is 39.2 Å². The SMILES string of the molecule is CCn1c(C)cc(C(=O)CN2C(=O)C(=O)N(CC(C)C)C2=O)c1C. The van der Waals surface area contributed by atoms with Gasteiger partial charge in [-0.25, -0.2) is 9.69 Å². The molecule has 0 radical (unpaired) electrons. The highest BCUT2D eigenvalue weighted by Crippen LogP contribution is 2.19. The molecular formula is C17H23N3O4. The zero-order valence-corrected chi connectivity index (χ0v) is 14.8. The Kier molecular flexibility index (Phi) is 4.91. The summed E-state index contributed by atoms with van der Waals surface area (Å²) in [4.78, 5) is 50.5. The zero-order chi connectivity index (χ0) is 18.2. The molecule has 0 atom stereocenters. The summed E-state index contributed by atoms with van der Waals surface area (Å²) in [6.45, 7) is 9.87. The maximum atomic E-state index is 12.5. The second kappa shape index (κ2) is 6.59. The third-order valence-electron chi connectivity index (χ3n) is 4.17. The lowest BCUT2D eigenvalue weighted by molar-refractivity contribution is -0.143. The molecule has 1 aromatic heterocycles. The molecule has 0 aliphatic carbocycles. The maximum Gasteiger partial charge on any atom is 0.334 e. The third-order valence-corrected chi connectivity index (χ3v) is 4.17. The van der Waals surface area contributed by atoms with Crippen molar-refractivity contribution in [1.29, 1.82) is 0 Å². The fraction of sp³-hybridized carbons (Fsp3) is 0.529. The van der Waals surface area contributed by atoms with Crippen LogP contribution in [0.4, 0.5) is 4.79 Å². The minimum Gasteiger partial charge on any atom is -0.349 e. The first-order chi connectivity index (χ1) is 11.2. The molecule has 4 amide bonds. The highest BCUT2D eigenvalue weighted by Gasteiger charge is 2.45. The Morgan fingerprint density at radius 1 is 1.08 bits per heavy atom. The standard InChI is InChI=1S/C17H23N3O4/c1-6-18-11(4)7-13(12(18)5)14(21)9-20-16(23)15(22)19(17(20)24)8-10(2)3/h7,10H,6,8-9H2,1-5H3. The number of aryl methyl sites for hydroxylation is 1. The van der Waals surface area contributed by atoms with Crippen molar-refractivity contribution in [1.82, 2.24) is 14.4 Å². The maximum absolute atomic E-state index is 12.5. The molecule has 7 nitrogen and oxygen atoms in total. The van der Waals surface area contributed by atoms with Crippen LogP contribution in [0.5, 0.6) is 0 Å². The molecule has 130 valence electrons. The van der Waals surface area contributed by atoms with Crippen molar-refractivity contribution in [3.8, 4) is 0 Å². The van der Waals surface area contributed by atoms with Gasteiger partial charge in [0.15, 0.2) is 5.78 Å². The average molecular weight is 333 g/mol. The molecule has 1 saturated heterocycles. The van der Waals surface area contributed by atoms with Gasteiger partial charge < -0.3 is 4.57 Å². The van der Waals surface area contributed by atoms with E-state index >= 15 is 0 Å². The fourth-order valence-electron chi connectivity index (χ4n) is 3.01. The topological polar surface area (TPSA) is 79.7 Å². The molecule has 2 heterocycles. The molecule has 1 aliphatic heterocycles. The van der Waals surface area contributed by atoms with Gasteiger partial charge in [-0.2, -0.15) is 0 Å². The summed E-state index contributed by atoms with van der Waals surface area (Å²) in [5.74, 6) is -2.09. The van der Waals surface area contributed by atoms with Gasteiger partial charge in [0.1, 0.15) is 0 Å². The van der Waals surface area contributed by atoms with E-state index in [-0.39, 0.29) is 18.2 Å². The van der Waals surface area contributed by atoms with Crippen molar-refractivity contribution in [2.75, 3.05) is 13.1 Å². The van der Waals surface area contributed by atoms with Crippen LogP contribution in [-0.2, 0) is 16.1 Å². The van der Waals surface area contributed by atoms with Crippen LogP contribution in [0.3, 0.4) is 0 Å². The van der Waals surface area contributed by atoms with Crippen LogP contribution in [-0.4, -0.2) is 51.1 Å². The quantitative estimate of drug-likeness (QED) is 0.451. The first kappa shape index (κ1) is 17.9. The van der Waals surface area contributed by atoms with Gasteiger partial charge in [0.2, 0.25) is 0 Å². The molecule has 7 heteroatoms. The number of aromatic nitrogens is 1. The number of urea groups is 1. The number of hydrogen-bond acceptors (Lipinski definition) is 4. The van der Waals surface area contributed by atoms with Crippen LogP contribution < -0.4 is 0 Å². The van der Waals surface area contributed by atoms with Crippen LogP contribution in [0.15, 0.2) is 6.07 Å². The average Bonchev–Trinajstić information content (AvgIpc) is 2.90. The molecule has 0 spiro atoms. The monoisotopic (exact) mass is 333 g/mol. The van der Waals surface area contributed by atoms with Crippen molar-refractivity contribution in [2.24, 2.45) is 5.92 Å². The first-order valence-electron chi connectivity index (χ1n) is 8.06. The van der Waals surface area contributed by atoms with Crippen LogP contribution in [0, 0.1) is 19.8 Å². The number of carbonyl (C=O) groups is 4. The van der Waals surface area contributed by atoms with E-state index in [1.54, 1.807) is 6.07 Å². The van der Waals surface area contributed by atoms with Gasteiger partial charge in [0, 0.05) is 30.0 Å². The van der Waals surface area contributed by atoms with Crippen LogP contribution >= 0.6 is 0 Å². The first-order valence-corrected chi connectivity index (χ1v) is 8.06. The Labute approximate surface area is 141 Å². The van der Waals surface area contributed by atoms with Crippen molar-refractivity contribution in [3.63, 3.8) is 0 Å². The predicted octanol–water partition coefficient (Wildman–Crippen LogP) is 1.75. The van der Waals surface area contributed by atoms with Crippen LogP contribution in [0.2, 0.25) is 0 Å². The van der Waals surface area contributed by atoms with Gasteiger partial charge in [-0.3, -0.25) is 19.3 Å². The number of imide groups is 2. The lowest BCUT2D eigenvalue weighted by Crippen LogP contribution is -2.38. The molecule has 1 aromatic rings. The second-order valence-corrected chi connectivity index (χ2v) is 6.44. The molecule has 0 bridgehead atoms. The van der Waals surface area contributed by atoms with Gasteiger partial charge >= 0.3 is 17.8 Å². The number of ketones is 1. The Bertz CT molecular complexity index is 718. The summed E-state index contributed by atoms with van der Waals surface area (Å²) in [6, 6.07) is 1.04. The molecule has 2 rings (SSSR count). The fourth-order valence-corrected chi connectivity index (χ4v) is 3.01. The number of Topliss-reactive ketones (excluding diaryl/α,β-unsaturated/α-hetero) is 1. The van der Waals surface area contributed by atoms with E-state index in [4.69, 9.17) is 0 Å². The minimum absolute atomic E-state index is 0.0461. The zero-order valence-electron chi connectivity index (χ0n) is 14.8. The van der Waals surface area contributed by atoms with Crippen molar-refractivity contribution >= 4 is 23.6 Å². The highest BCUT2D eigenvalue weighted by molar-refractivity contribution is 6.45. The molecule has 0 unspecified atom stereocenters. The Morgan fingerprint density at radius 2 is 1.67 bits per heavy atom. The molecule has 1 fully saturated rings. The summed E-state index contributed by atoms with van der Waals surface area (Å²) in [5.41, 5.74) is 2.21. The summed E-state index contributed by atoms with van der Waals surface area (Å²) in [5, 5.41) is 0. The largest absolute Gasteiger partial charge is 0.349 e. The lowest BCUT2D eigenvalue weighted by Gasteiger charge is -2.16. The third kappa shape index (κ3) is 2.98. The summed E-state index contributed by atoms with van der Waals surface area (Å²) in [6.07, 6.45) is 0. The summed E-state index contributed by atoms with van der Waals surface area (Å²) in [7, 11) is 0. The summed E-state index contributed by atoms with van der Waals surface area (Å²) < 4.78 is 1.98. The van der Waals surface area contributed by atoms with E-state index in [0.717, 1.165) is 27.7 Å². The minimum atomic E-state index is -0.932. The Balaban J connectivity index is 2.22. The van der Waals surface area contributed by atoms with E-state index in [9.17, 15) is 19.2 Å². The summed E-state index contributed by atoms with van der Waals surface area (Å²) >= 11 is 0. The highest BCUT2D eigenvalue weighted by atomic mass is 16.2. The molecule has 1 aliphatic rings. The van der Waals surface area contributed by atoms with Crippen molar-refractivity contribution < 1.29 is 19.2 Å². The van der Waals surface area contributed by atoms with Crippen LogP contribution in [0.25, 0.3) is 0 Å².